The van der Waals surface area contributed by atoms with Gasteiger partial charge in [-0.2, -0.15) is 0 Å². The molecule has 0 bridgehead atoms. The monoisotopic (exact) mass is 331 g/mol. The average molecular weight is 331 g/mol. The maximum atomic E-state index is 12.7. The Hall–Kier alpha value is -1.95. The third-order valence-corrected chi connectivity index (χ3v) is 5.29. The highest BCUT2D eigenvalue weighted by molar-refractivity contribution is 6.02. The number of amides is 1. The minimum atomic E-state index is -0.411. The number of hydrogen-bond acceptors (Lipinski definition) is 4. The number of nitrogens with zero attached hydrogens (tertiary/aromatic N) is 1. The van der Waals surface area contributed by atoms with Gasteiger partial charge in [-0.05, 0) is 36.3 Å². The molecule has 3 N–H and O–H groups in total. The number of aromatic nitrogens is 1. The second-order valence-corrected chi connectivity index (χ2v) is 8.34. The Morgan fingerprint density at radius 1 is 1.29 bits per heavy atom. The molecular formula is C18H25N3O3. The molecule has 1 aliphatic carbocycles. The first kappa shape index (κ1) is 16.9. The number of likely N-dealkylation sites (tertiary alicyclic amines) is 1. The van der Waals surface area contributed by atoms with Gasteiger partial charge in [-0.1, -0.05) is 20.8 Å². The Labute approximate surface area is 141 Å². The molecule has 1 saturated heterocycles. The molecule has 1 aromatic heterocycles. The van der Waals surface area contributed by atoms with Gasteiger partial charge in [0.05, 0.1) is 0 Å². The van der Waals surface area contributed by atoms with Gasteiger partial charge in [0.15, 0.2) is 5.78 Å². The van der Waals surface area contributed by atoms with Crippen LogP contribution in [0.15, 0.2) is 10.9 Å². The molecule has 1 atom stereocenters. The summed E-state index contributed by atoms with van der Waals surface area (Å²) < 4.78 is 0. The SMILES string of the molecule is CC1(C)CC(=O)c2cc(C(=O)N3CCC(C)(CN)C3)c(=O)[nH]c2C1. The minimum Gasteiger partial charge on any atom is -0.338 e. The average Bonchev–Trinajstić information content (AvgIpc) is 2.88. The molecule has 0 saturated carbocycles. The molecular weight excluding hydrogens is 306 g/mol. The van der Waals surface area contributed by atoms with Crippen molar-refractivity contribution in [1.82, 2.24) is 9.88 Å². The maximum Gasteiger partial charge on any atom is 0.261 e. The zero-order chi connectivity index (χ0) is 17.7. The molecule has 0 spiro atoms. The third-order valence-electron chi connectivity index (χ3n) is 5.29. The predicted molar refractivity (Wildman–Crippen MR) is 91.2 cm³/mol. The fourth-order valence-electron chi connectivity index (χ4n) is 3.72. The maximum absolute atomic E-state index is 12.7. The summed E-state index contributed by atoms with van der Waals surface area (Å²) in [5, 5.41) is 0. The molecule has 0 radical (unpaired) electrons. The van der Waals surface area contributed by atoms with E-state index in [1.807, 2.05) is 20.8 Å². The van der Waals surface area contributed by atoms with Gasteiger partial charge in [-0.3, -0.25) is 14.4 Å². The Morgan fingerprint density at radius 2 is 2.00 bits per heavy atom. The smallest absolute Gasteiger partial charge is 0.261 e. The summed E-state index contributed by atoms with van der Waals surface area (Å²) in [5.41, 5.74) is 6.29. The van der Waals surface area contributed by atoms with Crippen LogP contribution in [-0.2, 0) is 6.42 Å². The molecule has 2 aliphatic rings. The quantitative estimate of drug-likeness (QED) is 0.855. The number of hydrogen-bond donors (Lipinski definition) is 2. The van der Waals surface area contributed by atoms with Gasteiger partial charge in [0.1, 0.15) is 5.56 Å². The molecule has 1 aromatic rings. The van der Waals surface area contributed by atoms with Crippen LogP contribution in [0, 0.1) is 10.8 Å². The second kappa shape index (κ2) is 5.55. The van der Waals surface area contributed by atoms with Gasteiger partial charge < -0.3 is 15.6 Å². The van der Waals surface area contributed by atoms with Crippen LogP contribution in [0.2, 0.25) is 0 Å². The summed E-state index contributed by atoms with van der Waals surface area (Å²) >= 11 is 0. The normalized spacial score (nSPS) is 25.7. The number of fused-ring (bicyclic) bond motifs is 1. The molecule has 6 heteroatoms. The lowest BCUT2D eigenvalue weighted by Gasteiger charge is -2.30. The van der Waals surface area contributed by atoms with Crippen molar-refractivity contribution in [3.8, 4) is 0 Å². The van der Waals surface area contributed by atoms with E-state index in [1.54, 1.807) is 4.90 Å². The molecule has 1 aliphatic heterocycles. The van der Waals surface area contributed by atoms with Crippen molar-refractivity contribution in [2.24, 2.45) is 16.6 Å². The third kappa shape index (κ3) is 2.90. The number of carbonyl (C=O) groups is 2. The highest BCUT2D eigenvalue weighted by atomic mass is 16.2. The Kier molecular flexibility index (Phi) is 3.91. The Bertz CT molecular complexity index is 765. The van der Waals surface area contributed by atoms with Gasteiger partial charge >= 0.3 is 0 Å². The van der Waals surface area contributed by atoms with Crippen molar-refractivity contribution < 1.29 is 9.59 Å². The Morgan fingerprint density at radius 3 is 2.62 bits per heavy atom. The van der Waals surface area contributed by atoms with Crippen LogP contribution in [0.3, 0.4) is 0 Å². The molecule has 6 nitrogen and oxygen atoms in total. The van der Waals surface area contributed by atoms with Crippen LogP contribution in [0.5, 0.6) is 0 Å². The molecule has 2 heterocycles. The van der Waals surface area contributed by atoms with Crippen LogP contribution in [-0.4, -0.2) is 41.2 Å². The second-order valence-electron chi connectivity index (χ2n) is 8.34. The van der Waals surface area contributed by atoms with Crippen molar-refractivity contribution >= 4 is 11.7 Å². The number of Topliss-reactive ketones (excluding diaryl/α,β-unsaturated/α-hetero) is 1. The fourth-order valence-corrected chi connectivity index (χ4v) is 3.72. The number of ketones is 1. The first-order valence-electron chi connectivity index (χ1n) is 8.43. The largest absolute Gasteiger partial charge is 0.338 e. The number of aromatic amines is 1. The first-order chi connectivity index (χ1) is 11.1. The number of nitrogens with two attached hydrogens (primary N) is 1. The zero-order valence-electron chi connectivity index (χ0n) is 14.6. The van der Waals surface area contributed by atoms with Gasteiger partial charge in [-0.15, -0.1) is 0 Å². The van der Waals surface area contributed by atoms with Gasteiger partial charge in [0.2, 0.25) is 0 Å². The highest BCUT2D eigenvalue weighted by Gasteiger charge is 2.37. The molecule has 3 rings (SSSR count). The van der Waals surface area contributed by atoms with E-state index in [2.05, 4.69) is 4.98 Å². The van der Waals surface area contributed by atoms with Gasteiger partial charge in [0.25, 0.3) is 11.5 Å². The predicted octanol–water partition coefficient (Wildman–Crippen LogP) is 1.34. The van der Waals surface area contributed by atoms with E-state index in [9.17, 15) is 14.4 Å². The van der Waals surface area contributed by atoms with E-state index in [-0.39, 0.29) is 28.1 Å². The van der Waals surface area contributed by atoms with E-state index < -0.39 is 5.56 Å². The van der Waals surface area contributed by atoms with E-state index >= 15 is 0 Å². The number of nitrogens with one attached hydrogen (secondary N) is 1. The lowest BCUT2D eigenvalue weighted by Crippen LogP contribution is -2.38. The standard InChI is InChI=1S/C18H25N3O3/c1-17(2)7-13-11(14(22)8-17)6-12(15(23)20-13)16(24)21-5-4-18(3,9-19)10-21/h6H,4-5,7-10,19H2,1-3H3,(H,20,23). The summed E-state index contributed by atoms with van der Waals surface area (Å²) in [4.78, 5) is 42.0. The zero-order valence-corrected chi connectivity index (χ0v) is 14.6. The van der Waals surface area contributed by atoms with Gasteiger partial charge in [-0.25, -0.2) is 0 Å². The lowest BCUT2D eigenvalue weighted by molar-refractivity contribution is 0.0775. The van der Waals surface area contributed by atoms with Crippen molar-refractivity contribution in [3.05, 3.63) is 33.2 Å². The fraction of sp³-hybridized carbons (Fsp3) is 0.611. The summed E-state index contributed by atoms with van der Waals surface area (Å²) in [6.45, 7) is 7.68. The summed E-state index contributed by atoms with van der Waals surface area (Å²) in [6, 6.07) is 1.49. The van der Waals surface area contributed by atoms with E-state index in [4.69, 9.17) is 5.73 Å². The molecule has 1 unspecified atom stereocenters. The van der Waals surface area contributed by atoms with Gasteiger partial charge in [0, 0.05) is 30.8 Å². The minimum absolute atomic E-state index is 0.0141. The molecule has 1 amide bonds. The van der Waals surface area contributed by atoms with Crippen LogP contribution < -0.4 is 11.3 Å². The summed E-state index contributed by atoms with van der Waals surface area (Å²) in [7, 11) is 0. The van der Waals surface area contributed by atoms with Crippen LogP contribution in [0.25, 0.3) is 0 Å². The van der Waals surface area contributed by atoms with E-state index in [0.29, 0.717) is 43.7 Å². The molecule has 130 valence electrons. The topological polar surface area (TPSA) is 96.3 Å². The molecule has 24 heavy (non-hydrogen) atoms. The molecule has 1 fully saturated rings. The number of H-pyrrole nitrogens is 1. The van der Waals surface area contributed by atoms with Crippen LogP contribution in [0.4, 0.5) is 0 Å². The van der Waals surface area contributed by atoms with Crippen LogP contribution >= 0.6 is 0 Å². The first-order valence-corrected chi connectivity index (χ1v) is 8.43. The van der Waals surface area contributed by atoms with Crippen molar-refractivity contribution in [3.63, 3.8) is 0 Å². The van der Waals surface area contributed by atoms with Crippen molar-refractivity contribution in [1.29, 1.82) is 0 Å². The number of pyridine rings is 1. The van der Waals surface area contributed by atoms with Crippen molar-refractivity contribution in [2.45, 2.75) is 40.0 Å². The highest BCUT2D eigenvalue weighted by Crippen LogP contribution is 2.34. The Balaban J connectivity index is 1.93. The van der Waals surface area contributed by atoms with Crippen molar-refractivity contribution in [2.75, 3.05) is 19.6 Å². The number of rotatable bonds is 2. The van der Waals surface area contributed by atoms with E-state index in [0.717, 1.165) is 6.42 Å². The van der Waals surface area contributed by atoms with E-state index in [1.165, 1.54) is 6.07 Å². The summed E-state index contributed by atoms with van der Waals surface area (Å²) in [6.07, 6.45) is 1.88. The number of carbonyl (C=O) groups excluding carboxylic acids is 2. The van der Waals surface area contributed by atoms with Crippen LogP contribution in [0.1, 0.15) is 60.0 Å². The lowest BCUT2D eigenvalue weighted by atomic mass is 9.75. The molecule has 0 aromatic carbocycles. The summed E-state index contributed by atoms with van der Waals surface area (Å²) in [5.74, 6) is -0.325.